The number of nitrogens with zero attached hydrogens (tertiary/aromatic N) is 2. The van der Waals surface area contributed by atoms with Crippen molar-refractivity contribution in [3.05, 3.63) is 35.7 Å². The zero-order valence-electron chi connectivity index (χ0n) is 10.8. The van der Waals surface area contributed by atoms with Crippen molar-refractivity contribution >= 4 is 0 Å². The monoisotopic (exact) mass is 281 g/mol. The third-order valence-corrected chi connectivity index (χ3v) is 3.28. The number of hydrogen-bond donors (Lipinski definition) is 1. The predicted octanol–water partition coefficient (Wildman–Crippen LogP) is 2.06. The Bertz CT molecular complexity index is 597. The topological polar surface area (TPSA) is 60.2 Å². The van der Waals surface area contributed by atoms with Crippen molar-refractivity contribution in [1.29, 1.82) is 0 Å². The quantitative estimate of drug-likeness (QED) is 0.933. The van der Waals surface area contributed by atoms with Gasteiger partial charge in [-0.15, -0.1) is 0 Å². The molecule has 2 unspecified atom stereocenters. The maximum Gasteiger partial charge on any atom is 0.244 e. The summed E-state index contributed by atoms with van der Waals surface area (Å²) < 4.78 is 36.7. The van der Waals surface area contributed by atoms with Gasteiger partial charge in [0.15, 0.2) is 0 Å². The Hall–Kier alpha value is -1.86. The number of ether oxygens (including phenoxy) is 1. The molecule has 0 spiro atoms. The van der Waals surface area contributed by atoms with Crippen LogP contribution in [0.5, 0.6) is 0 Å². The number of rotatable bonds is 3. The van der Waals surface area contributed by atoms with Crippen molar-refractivity contribution in [3.8, 4) is 11.4 Å². The molecule has 3 rings (SSSR count). The molecular weight excluding hydrogens is 268 g/mol. The van der Waals surface area contributed by atoms with Gasteiger partial charge in [0.1, 0.15) is 11.6 Å². The average Bonchev–Trinajstić information content (AvgIpc) is 3.06. The maximum absolute atomic E-state index is 13.2. The number of hydrogen-bond acceptors (Lipinski definition) is 5. The maximum atomic E-state index is 13.2. The van der Waals surface area contributed by atoms with Gasteiger partial charge in [0.25, 0.3) is 0 Å². The molecule has 2 aromatic rings. The Kier molecular flexibility index (Phi) is 3.45. The summed E-state index contributed by atoms with van der Waals surface area (Å²) in [6.07, 6.45) is 0.817. The van der Waals surface area contributed by atoms with Crippen LogP contribution in [-0.4, -0.2) is 29.9 Å². The van der Waals surface area contributed by atoms with Crippen molar-refractivity contribution < 1.29 is 18.0 Å². The third kappa shape index (κ3) is 2.54. The van der Waals surface area contributed by atoms with Crippen LogP contribution in [0.25, 0.3) is 11.4 Å². The van der Waals surface area contributed by atoms with E-state index in [1.165, 1.54) is 0 Å². The summed E-state index contributed by atoms with van der Waals surface area (Å²) in [5.74, 6) is -0.792. The lowest BCUT2D eigenvalue weighted by Crippen LogP contribution is -2.16. The van der Waals surface area contributed by atoms with Crippen LogP contribution in [0.15, 0.2) is 22.7 Å². The molecule has 1 aliphatic heterocycles. The molecule has 0 amide bonds. The van der Waals surface area contributed by atoms with Gasteiger partial charge in [-0.1, -0.05) is 5.16 Å². The van der Waals surface area contributed by atoms with E-state index in [1.54, 1.807) is 7.11 Å². The molecule has 20 heavy (non-hydrogen) atoms. The van der Waals surface area contributed by atoms with Crippen LogP contribution in [0, 0.1) is 11.6 Å². The Balaban J connectivity index is 1.83. The summed E-state index contributed by atoms with van der Waals surface area (Å²) in [5, 5.41) is 6.96. The summed E-state index contributed by atoms with van der Waals surface area (Å²) in [7, 11) is 1.64. The number of aromatic nitrogens is 2. The summed E-state index contributed by atoms with van der Waals surface area (Å²) in [4.78, 5) is 4.18. The minimum absolute atomic E-state index is 0.0976. The van der Waals surface area contributed by atoms with Gasteiger partial charge < -0.3 is 14.6 Å². The van der Waals surface area contributed by atoms with Gasteiger partial charge in [-0.3, -0.25) is 0 Å². The molecule has 2 atom stereocenters. The predicted molar refractivity (Wildman–Crippen MR) is 65.8 cm³/mol. The fraction of sp³-hybridized carbons (Fsp3) is 0.385. The van der Waals surface area contributed by atoms with E-state index in [0.717, 1.165) is 24.6 Å². The van der Waals surface area contributed by atoms with Crippen molar-refractivity contribution in [2.24, 2.45) is 0 Å². The van der Waals surface area contributed by atoms with Crippen molar-refractivity contribution in [3.63, 3.8) is 0 Å². The fourth-order valence-corrected chi connectivity index (χ4v) is 2.25. The van der Waals surface area contributed by atoms with Gasteiger partial charge in [0.2, 0.25) is 11.7 Å². The summed E-state index contributed by atoms with van der Waals surface area (Å²) in [6, 6.07) is 3.03. The second-order valence-electron chi connectivity index (χ2n) is 4.67. The van der Waals surface area contributed by atoms with Gasteiger partial charge >= 0.3 is 0 Å². The van der Waals surface area contributed by atoms with E-state index < -0.39 is 11.6 Å². The third-order valence-electron chi connectivity index (χ3n) is 3.28. The van der Waals surface area contributed by atoms with E-state index in [2.05, 4.69) is 15.5 Å². The molecule has 7 heteroatoms. The first kappa shape index (κ1) is 13.1. The second-order valence-corrected chi connectivity index (χ2v) is 4.67. The molecule has 1 N–H and O–H groups in total. The molecule has 0 aliphatic carbocycles. The zero-order chi connectivity index (χ0) is 14.1. The Morgan fingerprint density at radius 3 is 2.70 bits per heavy atom. The summed E-state index contributed by atoms with van der Waals surface area (Å²) in [5.41, 5.74) is 0.249. The summed E-state index contributed by atoms with van der Waals surface area (Å²) in [6.45, 7) is 0.702. The van der Waals surface area contributed by atoms with E-state index in [-0.39, 0.29) is 23.5 Å². The van der Waals surface area contributed by atoms with Gasteiger partial charge in [-0.25, -0.2) is 8.78 Å². The smallest absolute Gasteiger partial charge is 0.244 e. The average molecular weight is 281 g/mol. The van der Waals surface area contributed by atoms with E-state index in [1.807, 2.05) is 0 Å². The normalized spacial score (nSPS) is 22.4. The molecule has 1 aliphatic rings. The molecule has 1 aromatic heterocycles. The van der Waals surface area contributed by atoms with Gasteiger partial charge in [0.05, 0.1) is 12.1 Å². The van der Waals surface area contributed by atoms with Gasteiger partial charge in [0, 0.05) is 25.3 Å². The second kappa shape index (κ2) is 5.26. The highest BCUT2D eigenvalue weighted by Crippen LogP contribution is 2.26. The molecule has 1 aromatic carbocycles. The van der Waals surface area contributed by atoms with E-state index in [4.69, 9.17) is 9.26 Å². The highest BCUT2D eigenvalue weighted by molar-refractivity contribution is 5.54. The van der Waals surface area contributed by atoms with Crippen LogP contribution in [-0.2, 0) is 4.74 Å². The van der Waals surface area contributed by atoms with E-state index in [0.29, 0.717) is 12.4 Å². The van der Waals surface area contributed by atoms with Crippen LogP contribution < -0.4 is 5.32 Å². The molecule has 2 heterocycles. The van der Waals surface area contributed by atoms with E-state index in [9.17, 15) is 8.78 Å². The zero-order valence-corrected chi connectivity index (χ0v) is 10.8. The largest absolute Gasteiger partial charge is 0.380 e. The van der Waals surface area contributed by atoms with Gasteiger partial charge in [-0.2, -0.15) is 4.98 Å². The van der Waals surface area contributed by atoms with Crippen molar-refractivity contribution in [1.82, 2.24) is 15.5 Å². The number of halogens is 2. The molecule has 0 radical (unpaired) electrons. The van der Waals surface area contributed by atoms with Crippen LogP contribution in [0.4, 0.5) is 8.78 Å². The number of benzene rings is 1. The molecule has 1 fully saturated rings. The molecule has 0 bridgehead atoms. The Morgan fingerprint density at radius 2 is 2.05 bits per heavy atom. The minimum Gasteiger partial charge on any atom is -0.380 e. The Morgan fingerprint density at radius 1 is 1.30 bits per heavy atom. The molecule has 1 saturated heterocycles. The minimum atomic E-state index is -0.676. The van der Waals surface area contributed by atoms with Gasteiger partial charge in [-0.05, 0) is 18.6 Å². The summed E-state index contributed by atoms with van der Waals surface area (Å²) >= 11 is 0. The standard InChI is InChI=1S/C13H13F2N3O2/c1-19-10-5-11(16-6-10)13-17-12(18-20-13)7-2-8(14)4-9(15)3-7/h2-4,10-11,16H,5-6H2,1H3. The first-order valence-electron chi connectivity index (χ1n) is 6.22. The SMILES string of the molecule is COC1CNC(c2nc(-c3cc(F)cc(F)c3)no2)C1. The fourth-order valence-electron chi connectivity index (χ4n) is 2.25. The first-order chi connectivity index (χ1) is 9.65. The number of nitrogens with one attached hydrogen (secondary N) is 1. The van der Waals surface area contributed by atoms with Crippen LogP contribution in [0.3, 0.4) is 0 Å². The van der Waals surface area contributed by atoms with Crippen LogP contribution in [0.2, 0.25) is 0 Å². The molecule has 5 nitrogen and oxygen atoms in total. The lowest BCUT2D eigenvalue weighted by atomic mass is 10.2. The lowest BCUT2D eigenvalue weighted by Gasteiger charge is -2.04. The van der Waals surface area contributed by atoms with Crippen molar-refractivity contribution in [2.75, 3.05) is 13.7 Å². The highest BCUT2D eigenvalue weighted by atomic mass is 19.1. The molecule has 0 saturated carbocycles. The van der Waals surface area contributed by atoms with Crippen LogP contribution >= 0.6 is 0 Å². The van der Waals surface area contributed by atoms with Crippen molar-refractivity contribution in [2.45, 2.75) is 18.6 Å². The first-order valence-corrected chi connectivity index (χ1v) is 6.22. The lowest BCUT2D eigenvalue weighted by molar-refractivity contribution is 0.116. The molecule has 106 valence electrons. The molecular formula is C13H13F2N3O2. The highest BCUT2D eigenvalue weighted by Gasteiger charge is 2.29. The van der Waals surface area contributed by atoms with Crippen LogP contribution in [0.1, 0.15) is 18.4 Å². The Labute approximate surface area is 113 Å². The number of methoxy groups -OCH3 is 1. The van der Waals surface area contributed by atoms with E-state index >= 15 is 0 Å².